The van der Waals surface area contributed by atoms with Crippen molar-refractivity contribution in [1.82, 2.24) is 14.7 Å². The summed E-state index contributed by atoms with van der Waals surface area (Å²) in [5.74, 6) is -0.197. The first kappa shape index (κ1) is 18.6. The molecule has 148 valence electrons. The standard InChI is InChI=1S/C20H19N5O4/c26-19(14-24-20(27)16-6-2-1-5-15(16)13-21-24)23-11-9-22(10-12-23)17-7-3-4-8-18(17)25(28)29/h1-8,13H,9-12,14H2. The number of benzene rings is 2. The number of nitrogens with zero attached hydrogens (tertiary/aromatic N) is 5. The van der Waals surface area contributed by atoms with E-state index in [9.17, 15) is 19.7 Å². The molecule has 4 rings (SSSR count). The fraction of sp³-hybridized carbons (Fsp3) is 0.250. The Morgan fingerprint density at radius 2 is 1.72 bits per heavy atom. The number of anilines is 1. The lowest BCUT2D eigenvalue weighted by Gasteiger charge is -2.35. The van der Waals surface area contributed by atoms with Crippen LogP contribution in [0.4, 0.5) is 11.4 Å². The largest absolute Gasteiger partial charge is 0.362 e. The topological polar surface area (TPSA) is 102 Å². The van der Waals surface area contributed by atoms with Crippen LogP contribution in [0.5, 0.6) is 0 Å². The third kappa shape index (κ3) is 3.66. The maximum absolute atomic E-state index is 12.7. The average Bonchev–Trinajstić information content (AvgIpc) is 2.76. The van der Waals surface area contributed by atoms with Gasteiger partial charge in [-0.25, -0.2) is 4.68 Å². The van der Waals surface area contributed by atoms with E-state index >= 15 is 0 Å². The van der Waals surface area contributed by atoms with Crippen molar-refractivity contribution in [3.8, 4) is 0 Å². The maximum Gasteiger partial charge on any atom is 0.292 e. The molecule has 2 heterocycles. The van der Waals surface area contributed by atoms with Crippen LogP contribution in [0.3, 0.4) is 0 Å². The molecule has 3 aromatic rings. The fourth-order valence-electron chi connectivity index (χ4n) is 3.55. The second-order valence-electron chi connectivity index (χ2n) is 6.81. The highest BCUT2D eigenvalue weighted by Crippen LogP contribution is 2.28. The Bertz CT molecular complexity index is 1130. The van der Waals surface area contributed by atoms with E-state index in [0.717, 1.165) is 5.39 Å². The highest BCUT2D eigenvalue weighted by atomic mass is 16.6. The van der Waals surface area contributed by atoms with Crippen molar-refractivity contribution >= 4 is 28.1 Å². The van der Waals surface area contributed by atoms with Gasteiger partial charge in [-0.1, -0.05) is 30.3 Å². The number of para-hydroxylation sites is 2. The minimum Gasteiger partial charge on any atom is -0.362 e. The van der Waals surface area contributed by atoms with Gasteiger partial charge >= 0.3 is 0 Å². The number of nitro benzene ring substituents is 1. The van der Waals surface area contributed by atoms with Crippen LogP contribution < -0.4 is 10.5 Å². The predicted molar refractivity (Wildman–Crippen MR) is 108 cm³/mol. The molecule has 1 saturated heterocycles. The highest BCUT2D eigenvalue weighted by molar-refractivity contribution is 5.81. The summed E-state index contributed by atoms with van der Waals surface area (Å²) in [5, 5.41) is 16.6. The second-order valence-corrected chi connectivity index (χ2v) is 6.81. The normalized spacial score (nSPS) is 14.2. The van der Waals surface area contributed by atoms with Crippen LogP contribution >= 0.6 is 0 Å². The smallest absolute Gasteiger partial charge is 0.292 e. The number of amides is 1. The number of fused-ring (bicyclic) bond motifs is 1. The molecule has 9 heteroatoms. The molecule has 0 N–H and O–H groups in total. The lowest BCUT2D eigenvalue weighted by molar-refractivity contribution is -0.384. The Balaban J connectivity index is 1.44. The molecule has 1 aliphatic rings. The molecule has 0 spiro atoms. The number of aromatic nitrogens is 2. The van der Waals surface area contributed by atoms with Gasteiger partial charge in [0.05, 0.1) is 16.5 Å². The van der Waals surface area contributed by atoms with Crippen molar-refractivity contribution in [3.63, 3.8) is 0 Å². The lowest BCUT2D eigenvalue weighted by Crippen LogP contribution is -2.50. The van der Waals surface area contributed by atoms with Crippen LogP contribution in [-0.2, 0) is 11.3 Å². The van der Waals surface area contributed by atoms with Gasteiger partial charge < -0.3 is 9.80 Å². The van der Waals surface area contributed by atoms with Crippen molar-refractivity contribution < 1.29 is 9.72 Å². The maximum atomic E-state index is 12.7. The molecule has 0 atom stereocenters. The molecule has 1 aromatic heterocycles. The van der Waals surface area contributed by atoms with Gasteiger partial charge in [-0.15, -0.1) is 0 Å². The predicted octanol–water partition coefficient (Wildman–Crippen LogP) is 1.65. The molecular formula is C20H19N5O4. The Kier molecular flexibility index (Phi) is 4.94. The molecule has 0 saturated carbocycles. The first-order valence-corrected chi connectivity index (χ1v) is 9.25. The van der Waals surface area contributed by atoms with Crippen LogP contribution in [0.2, 0.25) is 0 Å². The molecule has 29 heavy (non-hydrogen) atoms. The SMILES string of the molecule is O=C(Cn1ncc2ccccc2c1=O)N1CCN(c2ccccc2[N+](=O)[O-])CC1. The van der Waals surface area contributed by atoms with Gasteiger partial charge in [0.25, 0.3) is 11.2 Å². The summed E-state index contributed by atoms with van der Waals surface area (Å²) in [4.78, 5) is 39.6. The summed E-state index contributed by atoms with van der Waals surface area (Å²) >= 11 is 0. The summed E-state index contributed by atoms with van der Waals surface area (Å²) < 4.78 is 1.18. The molecule has 2 aromatic carbocycles. The number of carbonyl (C=O) groups is 1. The van der Waals surface area contributed by atoms with Gasteiger partial charge in [0.15, 0.2) is 0 Å². The van der Waals surface area contributed by atoms with E-state index in [4.69, 9.17) is 0 Å². The molecule has 1 aliphatic heterocycles. The Morgan fingerprint density at radius 3 is 2.48 bits per heavy atom. The fourth-order valence-corrected chi connectivity index (χ4v) is 3.55. The van der Waals surface area contributed by atoms with E-state index in [2.05, 4.69) is 5.10 Å². The van der Waals surface area contributed by atoms with Gasteiger partial charge in [0.1, 0.15) is 12.2 Å². The average molecular weight is 393 g/mol. The molecule has 0 bridgehead atoms. The van der Waals surface area contributed by atoms with E-state index in [1.54, 1.807) is 47.5 Å². The van der Waals surface area contributed by atoms with E-state index in [-0.39, 0.29) is 23.7 Å². The summed E-state index contributed by atoms with van der Waals surface area (Å²) in [6, 6.07) is 13.7. The molecule has 1 fully saturated rings. The molecule has 0 unspecified atom stereocenters. The Hall–Kier alpha value is -3.75. The quantitative estimate of drug-likeness (QED) is 0.493. The molecular weight excluding hydrogens is 374 g/mol. The lowest BCUT2D eigenvalue weighted by atomic mass is 10.2. The van der Waals surface area contributed by atoms with E-state index in [1.165, 1.54) is 10.7 Å². The van der Waals surface area contributed by atoms with Crippen molar-refractivity contribution in [1.29, 1.82) is 0 Å². The molecule has 9 nitrogen and oxygen atoms in total. The zero-order valence-electron chi connectivity index (χ0n) is 15.6. The third-order valence-corrected chi connectivity index (χ3v) is 5.10. The molecule has 0 radical (unpaired) electrons. The number of carbonyl (C=O) groups excluding carboxylic acids is 1. The van der Waals surface area contributed by atoms with Crippen LogP contribution in [0.15, 0.2) is 59.5 Å². The van der Waals surface area contributed by atoms with E-state index < -0.39 is 4.92 Å². The number of hydrogen-bond donors (Lipinski definition) is 0. The number of hydrogen-bond acceptors (Lipinski definition) is 6. The van der Waals surface area contributed by atoms with Crippen LogP contribution in [0.25, 0.3) is 10.8 Å². The molecule has 1 amide bonds. The van der Waals surface area contributed by atoms with E-state index in [0.29, 0.717) is 37.3 Å². The monoisotopic (exact) mass is 393 g/mol. The zero-order chi connectivity index (χ0) is 20.4. The first-order valence-electron chi connectivity index (χ1n) is 9.25. The molecule has 0 aliphatic carbocycles. The van der Waals surface area contributed by atoms with Crippen molar-refractivity contribution in [2.45, 2.75) is 6.54 Å². The summed E-state index contributed by atoms with van der Waals surface area (Å²) in [6.45, 7) is 1.68. The third-order valence-electron chi connectivity index (χ3n) is 5.10. The van der Waals surface area contributed by atoms with Crippen LogP contribution in [0.1, 0.15) is 0 Å². The summed E-state index contributed by atoms with van der Waals surface area (Å²) in [6.07, 6.45) is 1.58. The summed E-state index contributed by atoms with van der Waals surface area (Å²) in [5.41, 5.74) is 0.311. The highest BCUT2D eigenvalue weighted by Gasteiger charge is 2.25. The minimum absolute atomic E-state index is 0.0548. The number of rotatable bonds is 4. The Labute approximate surface area is 165 Å². The second kappa shape index (κ2) is 7.70. The van der Waals surface area contributed by atoms with Gasteiger partial charge in [-0.2, -0.15) is 5.10 Å². The zero-order valence-corrected chi connectivity index (χ0v) is 15.6. The Morgan fingerprint density at radius 1 is 1.03 bits per heavy atom. The van der Waals surface area contributed by atoms with Gasteiger partial charge in [-0.05, 0) is 12.1 Å². The van der Waals surface area contributed by atoms with Crippen molar-refractivity contribution in [3.05, 3.63) is 75.2 Å². The minimum atomic E-state index is -0.398. The van der Waals surface area contributed by atoms with Crippen LogP contribution in [-0.4, -0.2) is 51.7 Å². The van der Waals surface area contributed by atoms with E-state index in [1.807, 2.05) is 11.0 Å². The first-order chi connectivity index (χ1) is 14.0. The number of piperazine rings is 1. The summed E-state index contributed by atoms with van der Waals surface area (Å²) in [7, 11) is 0. The van der Waals surface area contributed by atoms with Crippen molar-refractivity contribution in [2.75, 3.05) is 31.1 Å². The number of nitro groups is 1. The van der Waals surface area contributed by atoms with Gasteiger partial charge in [0.2, 0.25) is 5.91 Å². The van der Waals surface area contributed by atoms with Crippen LogP contribution in [0, 0.1) is 10.1 Å². The van der Waals surface area contributed by atoms with Gasteiger partial charge in [0, 0.05) is 37.6 Å². The van der Waals surface area contributed by atoms with Crippen molar-refractivity contribution in [2.24, 2.45) is 0 Å². The van der Waals surface area contributed by atoms with Gasteiger partial charge in [-0.3, -0.25) is 19.7 Å².